The zero-order chi connectivity index (χ0) is 12.1. The van der Waals surface area contributed by atoms with Gasteiger partial charge in [0.1, 0.15) is 0 Å². The smallest absolute Gasteiger partial charge is 0.164 e. The van der Waals surface area contributed by atoms with Gasteiger partial charge < -0.3 is 0 Å². The number of hydrogen-bond donors (Lipinski definition) is 0. The van der Waals surface area contributed by atoms with E-state index in [4.69, 9.17) is 0 Å². The summed E-state index contributed by atoms with van der Waals surface area (Å²) in [6, 6.07) is 3.89. The maximum absolute atomic E-state index is 12.0. The molecule has 0 unspecified atom stereocenters. The summed E-state index contributed by atoms with van der Waals surface area (Å²) in [4.78, 5) is 12.0. The highest BCUT2D eigenvalue weighted by Gasteiger charge is 2.11. The number of benzene rings is 1. The molecular weight excluding hydrogens is 332 g/mol. The molecule has 1 aromatic rings. The molecule has 0 heterocycles. The Morgan fingerprint density at radius 3 is 2.50 bits per heavy atom. The normalized spacial score (nSPS) is 10.5. The van der Waals surface area contributed by atoms with Crippen LogP contribution in [0, 0.1) is 6.92 Å². The van der Waals surface area contributed by atoms with Crippen LogP contribution < -0.4 is 0 Å². The van der Waals surface area contributed by atoms with Crippen LogP contribution in [0.25, 0.3) is 0 Å². The predicted molar refractivity (Wildman–Crippen MR) is 75.1 cm³/mol. The standard InChI is InChI=1S/C13H16Br2O/c1-3-4-5-6-13(16)10-8-11(14)9(2)7-12(10)15/h7-8H,3-6H2,1-2H3. The molecule has 1 nitrogen and oxygen atoms in total. The molecule has 0 aromatic heterocycles. The first-order chi connectivity index (χ1) is 7.56. The minimum atomic E-state index is 0.223. The van der Waals surface area contributed by atoms with Gasteiger partial charge in [0, 0.05) is 20.9 Å². The second-order valence-electron chi connectivity index (χ2n) is 3.96. The number of ketones is 1. The number of rotatable bonds is 5. The molecule has 0 aliphatic heterocycles. The fourth-order valence-electron chi connectivity index (χ4n) is 1.53. The molecule has 0 saturated heterocycles. The lowest BCUT2D eigenvalue weighted by atomic mass is 10.0. The Hall–Kier alpha value is -0.150. The Balaban J connectivity index is 2.79. The van der Waals surface area contributed by atoms with Gasteiger partial charge in [-0.1, -0.05) is 51.6 Å². The summed E-state index contributed by atoms with van der Waals surface area (Å²) in [6.45, 7) is 4.16. The number of Topliss-reactive ketones (excluding diaryl/α,β-unsaturated/α-hetero) is 1. The third-order valence-corrected chi connectivity index (χ3v) is 4.07. The van der Waals surface area contributed by atoms with Crippen molar-refractivity contribution < 1.29 is 4.79 Å². The number of aryl methyl sites for hydroxylation is 1. The lowest BCUT2D eigenvalue weighted by Gasteiger charge is -2.06. The minimum Gasteiger partial charge on any atom is -0.294 e. The van der Waals surface area contributed by atoms with Crippen molar-refractivity contribution in [3.8, 4) is 0 Å². The molecule has 16 heavy (non-hydrogen) atoms. The van der Waals surface area contributed by atoms with Gasteiger partial charge in [0.05, 0.1) is 0 Å². The first-order valence-electron chi connectivity index (χ1n) is 5.55. The maximum atomic E-state index is 12.0. The van der Waals surface area contributed by atoms with Gasteiger partial charge >= 0.3 is 0 Å². The Kier molecular flexibility index (Phi) is 5.70. The molecule has 0 saturated carbocycles. The van der Waals surface area contributed by atoms with Crippen molar-refractivity contribution in [3.05, 3.63) is 32.2 Å². The summed E-state index contributed by atoms with van der Waals surface area (Å²) in [5.41, 5.74) is 1.92. The number of halogens is 2. The third-order valence-electron chi connectivity index (χ3n) is 2.56. The second kappa shape index (κ2) is 6.55. The molecule has 1 rings (SSSR count). The van der Waals surface area contributed by atoms with Crippen LogP contribution in [0.1, 0.15) is 48.5 Å². The molecule has 0 N–H and O–H groups in total. The van der Waals surface area contributed by atoms with E-state index in [0.29, 0.717) is 6.42 Å². The van der Waals surface area contributed by atoms with Crippen LogP contribution in [0.4, 0.5) is 0 Å². The van der Waals surface area contributed by atoms with E-state index in [1.165, 1.54) is 0 Å². The van der Waals surface area contributed by atoms with Crippen molar-refractivity contribution in [2.24, 2.45) is 0 Å². The molecule has 0 bridgehead atoms. The van der Waals surface area contributed by atoms with Gasteiger partial charge in [-0.25, -0.2) is 0 Å². The van der Waals surface area contributed by atoms with Crippen LogP contribution in [-0.2, 0) is 0 Å². The fourth-order valence-corrected chi connectivity index (χ4v) is 2.55. The highest BCUT2D eigenvalue weighted by atomic mass is 79.9. The molecule has 0 fully saturated rings. The Morgan fingerprint density at radius 1 is 1.19 bits per heavy atom. The molecule has 0 spiro atoms. The zero-order valence-corrected chi connectivity index (χ0v) is 12.8. The molecule has 0 atom stereocenters. The van der Waals surface area contributed by atoms with Crippen LogP contribution >= 0.6 is 31.9 Å². The molecule has 0 aliphatic carbocycles. The summed E-state index contributed by atoms with van der Waals surface area (Å²) in [5.74, 6) is 0.223. The summed E-state index contributed by atoms with van der Waals surface area (Å²) in [7, 11) is 0. The minimum absolute atomic E-state index is 0.223. The van der Waals surface area contributed by atoms with Gasteiger partial charge in [-0.2, -0.15) is 0 Å². The van der Waals surface area contributed by atoms with E-state index in [1.807, 2.05) is 19.1 Å². The lowest BCUT2D eigenvalue weighted by molar-refractivity contribution is 0.0978. The number of carbonyl (C=O) groups excluding carboxylic acids is 1. The van der Waals surface area contributed by atoms with Gasteiger partial charge in [-0.3, -0.25) is 4.79 Å². The van der Waals surface area contributed by atoms with Crippen molar-refractivity contribution in [3.63, 3.8) is 0 Å². The first kappa shape index (κ1) is 13.9. The molecule has 0 amide bonds. The van der Waals surface area contributed by atoms with Gasteiger partial charge in [0.2, 0.25) is 0 Å². The molecule has 0 radical (unpaired) electrons. The number of hydrogen-bond acceptors (Lipinski definition) is 1. The molecular formula is C13H16Br2O. The van der Waals surface area contributed by atoms with Gasteiger partial charge in [-0.15, -0.1) is 0 Å². The quantitative estimate of drug-likeness (QED) is 0.523. The van der Waals surface area contributed by atoms with Crippen LogP contribution in [-0.4, -0.2) is 5.78 Å². The largest absolute Gasteiger partial charge is 0.294 e. The Bertz CT molecular complexity index is 386. The summed E-state index contributed by atoms with van der Waals surface area (Å²) in [5, 5.41) is 0. The van der Waals surface area contributed by atoms with Gasteiger partial charge in [0.25, 0.3) is 0 Å². The highest BCUT2D eigenvalue weighted by molar-refractivity contribution is 9.11. The maximum Gasteiger partial charge on any atom is 0.164 e. The van der Waals surface area contributed by atoms with Gasteiger partial charge in [-0.05, 0) is 31.0 Å². The van der Waals surface area contributed by atoms with Crippen molar-refractivity contribution >= 4 is 37.6 Å². The molecule has 1 aromatic carbocycles. The van der Waals surface area contributed by atoms with Gasteiger partial charge in [0.15, 0.2) is 5.78 Å². The van der Waals surface area contributed by atoms with E-state index in [0.717, 1.165) is 39.3 Å². The third kappa shape index (κ3) is 3.70. The number of carbonyl (C=O) groups is 1. The Labute approximate surface area is 114 Å². The lowest BCUT2D eigenvalue weighted by Crippen LogP contribution is -2.01. The van der Waals surface area contributed by atoms with Crippen molar-refractivity contribution in [1.82, 2.24) is 0 Å². The summed E-state index contributed by atoms with van der Waals surface area (Å²) in [6.07, 6.45) is 3.89. The molecule has 0 aliphatic rings. The fraction of sp³-hybridized carbons (Fsp3) is 0.462. The topological polar surface area (TPSA) is 17.1 Å². The van der Waals surface area contributed by atoms with Crippen LogP contribution in [0.15, 0.2) is 21.1 Å². The molecule has 88 valence electrons. The first-order valence-corrected chi connectivity index (χ1v) is 7.13. The van der Waals surface area contributed by atoms with E-state index < -0.39 is 0 Å². The van der Waals surface area contributed by atoms with E-state index in [9.17, 15) is 4.79 Å². The molecule has 3 heteroatoms. The SMILES string of the molecule is CCCCCC(=O)c1cc(Br)c(C)cc1Br. The zero-order valence-electron chi connectivity index (χ0n) is 9.65. The van der Waals surface area contributed by atoms with Crippen molar-refractivity contribution in [1.29, 1.82) is 0 Å². The van der Waals surface area contributed by atoms with Crippen molar-refractivity contribution in [2.75, 3.05) is 0 Å². The highest BCUT2D eigenvalue weighted by Crippen LogP contribution is 2.26. The van der Waals surface area contributed by atoms with E-state index in [-0.39, 0.29) is 5.78 Å². The predicted octanol–water partition coefficient (Wildman–Crippen LogP) is 5.28. The van der Waals surface area contributed by atoms with E-state index >= 15 is 0 Å². The average Bonchev–Trinajstić information content (AvgIpc) is 2.23. The van der Waals surface area contributed by atoms with E-state index in [2.05, 4.69) is 38.8 Å². The number of unbranched alkanes of at least 4 members (excludes halogenated alkanes) is 2. The van der Waals surface area contributed by atoms with Crippen LogP contribution in [0.3, 0.4) is 0 Å². The van der Waals surface area contributed by atoms with Crippen LogP contribution in [0.5, 0.6) is 0 Å². The summed E-state index contributed by atoms with van der Waals surface area (Å²) >= 11 is 6.91. The Morgan fingerprint density at radius 2 is 1.88 bits per heavy atom. The second-order valence-corrected chi connectivity index (χ2v) is 5.67. The summed E-state index contributed by atoms with van der Waals surface area (Å²) < 4.78 is 1.89. The average molecular weight is 348 g/mol. The van der Waals surface area contributed by atoms with Crippen LogP contribution in [0.2, 0.25) is 0 Å². The monoisotopic (exact) mass is 346 g/mol. The van der Waals surface area contributed by atoms with Crippen molar-refractivity contribution in [2.45, 2.75) is 39.5 Å². The van der Waals surface area contributed by atoms with E-state index in [1.54, 1.807) is 0 Å².